The Bertz CT molecular complexity index is 595. The minimum Gasteiger partial charge on any atom is -0.389 e. The third kappa shape index (κ3) is 2.81. The first kappa shape index (κ1) is 14.8. The Hall–Kier alpha value is -0.570. The average molecular weight is 356 g/mol. The van der Waals surface area contributed by atoms with Gasteiger partial charge in [0.15, 0.2) is 0 Å². The van der Waals surface area contributed by atoms with Crippen LogP contribution in [-0.4, -0.2) is 36.5 Å². The molecule has 1 atom stereocenters. The summed E-state index contributed by atoms with van der Waals surface area (Å²) in [5, 5.41) is 9.79. The number of halogens is 3. The van der Waals surface area contributed by atoms with Crippen molar-refractivity contribution in [2.75, 3.05) is 13.1 Å². The second-order valence-electron chi connectivity index (χ2n) is 4.78. The van der Waals surface area contributed by atoms with Crippen molar-refractivity contribution in [1.82, 2.24) is 4.31 Å². The zero-order valence-electron chi connectivity index (χ0n) is 10.0. The van der Waals surface area contributed by atoms with Crippen molar-refractivity contribution in [2.45, 2.75) is 23.8 Å². The maximum Gasteiger partial charge on any atom is 0.247 e. The lowest BCUT2D eigenvalue weighted by Crippen LogP contribution is -2.34. The van der Waals surface area contributed by atoms with Gasteiger partial charge in [-0.2, -0.15) is 4.31 Å². The molecule has 1 heterocycles. The molecule has 1 saturated heterocycles. The summed E-state index contributed by atoms with van der Waals surface area (Å²) in [5.74, 6) is -2.02. The fourth-order valence-corrected chi connectivity index (χ4v) is 4.68. The van der Waals surface area contributed by atoms with Gasteiger partial charge >= 0.3 is 0 Å². The topological polar surface area (TPSA) is 57.6 Å². The van der Waals surface area contributed by atoms with Crippen LogP contribution in [0.4, 0.5) is 8.78 Å². The Morgan fingerprint density at radius 2 is 2.05 bits per heavy atom. The third-order valence-corrected chi connectivity index (χ3v) is 5.79. The zero-order chi connectivity index (χ0) is 14.4. The zero-order valence-corrected chi connectivity index (χ0v) is 12.4. The van der Waals surface area contributed by atoms with Gasteiger partial charge in [-0.15, -0.1) is 0 Å². The van der Waals surface area contributed by atoms with Gasteiger partial charge in [0.05, 0.1) is 5.60 Å². The van der Waals surface area contributed by atoms with Crippen molar-refractivity contribution >= 4 is 26.0 Å². The highest BCUT2D eigenvalue weighted by Crippen LogP contribution is 2.32. The minimum absolute atomic E-state index is 0.0958. The minimum atomic E-state index is -4.10. The summed E-state index contributed by atoms with van der Waals surface area (Å²) in [5.41, 5.74) is -1.13. The van der Waals surface area contributed by atoms with Crippen LogP contribution < -0.4 is 0 Å². The SMILES string of the molecule is CC1(O)CCN(S(=O)(=O)c2c(F)cc(F)cc2Br)C1. The van der Waals surface area contributed by atoms with E-state index in [0.29, 0.717) is 6.07 Å². The van der Waals surface area contributed by atoms with E-state index in [1.807, 2.05) is 0 Å². The van der Waals surface area contributed by atoms with Gasteiger partial charge in [-0.3, -0.25) is 0 Å². The molecule has 1 aromatic carbocycles. The van der Waals surface area contributed by atoms with Crippen molar-refractivity contribution in [1.29, 1.82) is 0 Å². The van der Waals surface area contributed by atoms with Crippen LogP contribution in [0.1, 0.15) is 13.3 Å². The molecule has 0 saturated carbocycles. The number of hydrogen-bond acceptors (Lipinski definition) is 3. The summed E-state index contributed by atoms with van der Waals surface area (Å²) in [6.45, 7) is 1.50. The molecule has 1 aliphatic heterocycles. The van der Waals surface area contributed by atoms with Crippen molar-refractivity contribution in [2.24, 2.45) is 0 Å². The molecule has 4 nitrogen and oxygen atoms in total. The molecule has 1 unspecified atom stereocenters. The molecule has 1 aromatic rings. The quantitative estimate of drug-likeness (QED) is 0.880. The number of benzene rings is 1. The summed E-state index contributed by atoms with van der Waals surface area (Å²) in [6.07, 6.45) is 0.270. The van der Waals surface area contributed by atoms with Crippen molar-refractivity contribution < 1.29 is 22.3 Å². The Balaban J connectivity index is 2.47. The van der Waals surface area contributed by atoms with E-state index < -0.39 is 32.2 Å². The highest BCUT2D eigenvalue weighted by atomic mass is 79.9. The van der Waals surface area contributed by atoms with E-state index >= 15 is 0 Å². The standard InChI is InChI=1S/C11H12BrF2NO3S/c1-11(16)2-3-15(6-11)19(17,18)10-8(12)4-7(13)5-9(10)14/h4-5,16H,2-3,6H2,1H3. The number of aliphatic hydroxyl groups is 1. The predicted octanol–water partition coefficient (Wildman–Crippen LogP) is 1.87. The lowest BCUT2D eigenvalue weighted by Gasteiger charge is -2.19. The van der Waals surface area contributed by atoms with Gasteiger partial charge in [-0.1, -0.05) is 0 Å². The van der Waals surface area contributed by atoms with Crippen molar-refractivity contribution in [3.05, 3.63) is 28.2 Å². The van der Waals surface area contributed by atoms with Crippen LogP contribution in [-0.2, 0) is 10.0 Å². The number of β-amino-alcohol motifs (C(OH)–C–C–N with tert-alkyl or cyclic N) is 1. The van der Waals surface area contributed by atoms with Gasteiger partial charge in [-0.25, -0.2) is 17.2 Å². The molecule has 0 radical (unpaired) electrons. The maximum absolute atomic E-state index is 13.7. The van der Waals surface area contributed by atoms with E-state index in [-0.39, 0.29) is 24.0 Å². The third-order valence-electron chi connectivity index (χ3n) is 2.98. The summed E-state index contributed by atoms with van der Waals surface area (Å²) in [6, 6.07) is 1.41. The lowest BCUT2D eigenvalue weighted by molar-refractivity contribution is 0.0762. The second-order valence-corrected chi connectivity index (χ2v) is 7.51. The number of nitrogens with zero attached hydrogens (tertiary/aromatic N) is 1. The summed E-state index contributed by atoms with van der Waals surface area (Å²) < 4.78 is 52.1. The van der Waals surface area contributed by atoms with Crippen LogP contribution in [0.3, 0.4) is 0 Å². The first-order valence-corrected chi connectivity index (χ1v) is 7.74. The van der Waals surface area contributed by atoms with Crippen LogP contribution >= 0.6 is 15.9 Å². The van der Waals surface area contributed by atoms with E-state index in [0.717, 1.165) is 10.4 Å². The number of sulfonamides is 1. The van der Waals surface area contributed by atoms with Crippen LogP contribution in [0.5, 0.6) is 0 Å². The van der Waals surface area contributed by atoms with E-state index in [9.17, 15) is 22.3 Å². The Morgan fingerprint density at radius 3 is 2.53 bits per heavy atom. The Kier molecular flexibility index (Phi) is 3.72. The van der Waals surface area contributed by atoms with E-state index in [4.69, 9.17) is 0 Å². The number of hydrogen-bond donors (Lipinski definition) is 1. The molecule has 0 amide bonds. The Morgan fingerprint density at radius 1 is 1.42 bits per heavy atom. The smallest absolute Gasteiger partial charge is 0.247 e. The molecule has 1 N–H and O–H groups in total. The molecule has 1 aliphatic rings. The van der Waals surface area contributed by atoms with Crippen LogP contribution in [0.2, 0.25) is 0 Å². The molecular weight excluding hydrogens is 344 g/mol. The van der Waals surface area contributed by atoms with Crippen LogP contribution in [0.25, 0.3) is 0 Å². The molecular formula is C11H12BrF2NO3S. The highest BCUT2D eigenvalue weighted by molar-refractivity contribution is 9.10. The van der Waals surface area contributed by atoms with Crippen molar-refractivity contribution in [3.8, 4) is 0 Å². The molecule has 0 aliphatic carbocycles. The molecule has 8 heteroatoms. The molecule has 2 rings (SSSR count). The fraction of sp³-hybridized carbons (Fsp3) is 0.455. The second kappa shape index (κ2) is 4.76. The first-order valence-electron chi connectivity index (χ1n) is 5.50. The van der Waals surface area contributed by atoms with Gasteiger partial charge < -0.3 is 5.11 Å². The summed E-state index contributed by atoms with van der Waals surface area (Å²) >= 11 is 2.86. The lowest BCUT2D eigenvalue weighted by atomic mass is 10.1. The van der Waals surface area contributed by atoms with Gasteiger partial charge in [0.25, 0.3) is 0 Å². The van der Waals surface area contributed by atoms with Gasteiger partial charge in [0, 0.05) is 23.6 Å². The molecule has 0 aromatic heterocycles. The molecule has 0 spiro atoms. The van der Waals surface area contributed by atoms with Crippen LogP contribution in [0.15, 0.2) is 21.5 Å². The highest BCUT2D eigenvalue weighted by Gasteiger charge is 2.40. The molecule has 106 valence electrons. The summed E-state index contributed by atoms with van der Waals surface area (Å²) in [7, 11) is -4.10. The first-order chi connectivity index (χ1) is 8.63. The van der Waals surface area contributed by atoms with Crippen LogP contribution in [0, 0.1) is 11.6 Å². The molecule has 1 fully saturated rings. The van der Waals surface area contributed by atoms with E-state index in [1.54, 1.807) is 0 Å². The average Bonchev–Trinajstić information content (AvgIpc) is 2.57. The molecule has 0 bridgehead atoms. The molecule has 19 heavy (non-hydrogen) atoms. The predicted molar refractivity (Wildman–Crippen MR) is 68.1 cm³/mol. The Labute approximate surface area is 118 Å². The van der Waals surface area contributed by atoms with E-state index in [1.165, 1.54) is 6.92 Å². The number of rotatable bonds is 2. The monoisotopic (exact) mass is 355 g/mol. The van der Waals surface area contributed by atoms with E-state index in [2.05, 4.69) is 15.9 Å². The largest absolute Gasteiger partial charge is 0.389 e. The maximum atomic E-state index is 13.7. The fourth-order valence-electron chi connectivity index (χ4n) is 2.01. The van der Waals surface area contributed by atoms with Gasteiger partial charge in [0.1, 0.15) is 16.5 Å². The normalized spacial score (nSPS) is 24.9. The summed E-state index contributed by atoms with van der Waals surface area (Å²) in [4.78, 5) is -0.605. The van der Waals surface area contributed by atoms with Crippen molar-refractivity contribution in [3.63, 3.8) is 0 Å². The van der Waals surface area contributed by atoms with Gasteiger partial charge in [0.2, 0.25) is 10.0 Å². The van der Waals surface area contributed by atoms with Gasteiger partial charge in [-0.05, 0) is 35.3 Å².